The fourth-order valence-corrected chi connectivity index (χ4v) is 1.46. The van der Waals surface area contributed by atoms with Crippen molar-refractivity contribution >= 4 is 5.97 Å². The molecular formula is C11H19N3O3. The molecule has 1 heterocycles. The van der Waals surface area contributed by atoms with Crippen LogP contribution in [-0.4, -0.2) is 41.3 Å². The molecule has 0 radical (unpaired) electrons. The van der Waals surface area contributed by atoms with Crippen molar-refractivity contribution in [1.29, 1.82) is 0 Å². The van der Waals surface area contributed by atoms with Crippen molar-refractivity contribution < 1.29 is 13.9 Å². The van der Waals surface area contributed by atoms with Gasteiger partial charge in [0, 0.05) is 6.42 Å². The van der Waals surface area contributed by atoms with Crippen LogP contribution in [0.1, 0.15) is 32.0 Å². The first-order valence-corrected chi connectivity index (χ1v) is 5.80. The molecule has 0 saturated carbocycles. The molecule has 0 aliphatic carbocycles. The largest absolute Gasteiger partial charge is 0.468 e. The van der Waals surface area contributed by atoms with Gasteiger partial charge < -0.3 is 9.15 Å². The van der Waals surface area contributed by atoms with Crippen LogP contribution in [0.15, 0.2) is 4.42 Å². The van der Waals surface area contributed by atoms with E-state index in [1.54, 1.807) is 0 Å². The van der Waals surface area contributed by atoms with Gasteiger partial charge in [0.15, 0.2) is 0 Å². The van der Waals surface area contributed by atoms with E-state index in [0.29, 0.717) is 18.3 Å². The summed E-state index contributed by atoms with van der Waals surface area (Å²) in [6.07, 6.45) is 1.67. The van der Waals surface area contributed by atoms with Crippen LogP contribution >= 0.6 is 0 Å². The lowest BCUT2D eigenvalue weighted by Gasteiger charge is -2.17. The van der Waals surface area contributed by atoms with Crippen LogP contribution in [0.4, 0.5) is 0 Å². The zero-order valence-electron chi connectivity index (χ0n) is 10.6. The molecule has 0 atom stereocenters. The maximum absolute atomic E-state index is 11.2. The lowest BCUT2D eigenvalue weighted by Crippen LogP contribution is -2.31. The second-order valence-electron chi connectivity index (χ2n) is 3.73. The number of carbonyl (C=O) groups is 1. The summed E-state index contributed by atoms with van der Waals surface area (Å²) >= 11 is 0. The summed E-state index contributed by atoms with van der Waals surface area (Å²) in [4.78, 5) is 13.1. The van der Waals surface area contributed by atoms with Gasteiger partial charge in [0.05, 0.1) is 20.2 Å². The molecule has 0 fully saturated rings. The Balaban J connectivity index is 2.55. The summed E-state index contributed by atoms with van der Waals surface area (Å²) in [7, 11) is 1.38. The van der Waals surface area contributed by atoms with Crippen LogP contribution in [0.2, 0.25) is 0 Å². The van der Waals surface area contributed by atoms with Crippen molar-refractivity contribution in [3.8, 4) is 0 Å². The van der Waals surface area contributed by atoms with Crippen LogP contribution in [0.3, 0.4) is 0 Å². The minimum Gasteiger partial charge on any atom is -0.468 e. The second-order valence-corrected chi connectivity index (χ2v) is 3.73. The third kappa shape index (κ3) is 4.52. The number of aryl methyl sites for hydroxylation is 1. The molecule has 0 amide bonds. The number of nitrogens with zero attached hydrogens (tertiary/aromatic N) is 3. The first kappa shape index (κ1) is 13.6. The lowest BCUT2D eigenvalue weighted by molar-refractivity contribution is -0.142. The Hall–Kier alpha value is -1.43. The topological polar surface area (TPSA) is 68.5 Å². The lowest BCUT2D eigenvalue weighted by atomic mass is 10.4. The van der Waals surface area contributed by atoms with Crippen molar-refractivity contribution in [3.05, 3.63) is 11.8 Å². The third-order valence-electron chi connectivity index (χ3n) is 2.29. The van der Waals surface area contributed by atoms with E-state index in [0.717, 1.165) is 19.4 Å². The van der Waals surface area contributed by atoms with E-state index in [1.807, 2.05) is 11.8 Å². The number of methoxy groups -OCH3 is 1. The molecule has 0 N–H and O–H groups in total. The summed E-state index contributed by atoms with van der Waals surface area (Å²) in [5.74, 6) is 0.905. The average Bonchev–Trinajstić information content (AvgIpc) is 2.77. The van der Waals surface area contributed by atoms with Crippen molar-refractivity contribution in [2.24, 2.45) is 0 Å². The van der Waals surface area contributed by atoms with Crippen molar-refractivity contribution in [2.45, 2.75) is 33.2 Å². The molecule has 1 aromatic rings. The van der Waals surface area contributed by atoms with Crippen molar-refractivity contribution in [1.82, 2.24) is 15.1 Å². The summed E-state index contributed by atoms with van der Waals surface area (Å²) in [6.45, 7) is 5.52. The summed E-state index contributed by atoms with van der Waals surface area (Å²) in [5.41, 5.74) is 0. The fourth-order valence-electron chi connectivity index (χ4n) is 1.46. The standard InChI is InChI=1S/C11H19N3O3/c1-4-6-14(8-11(15)16-3)7-10-13-12-9(5-2)17-10/h4-8H2,1-3H3. The second kappa shape index (κ2) is 7.01. The van der Waals surface area contributed by atoms with Gasteiger partial charge in [-0.05, 0) is 13.0 Å². The van der Waals surface area contributed by atoms with E-state index >= 15 is 0 Å². The van der Waals surface area contributed by atoms with Gasteiger partial charge >= 0.3 is 5.97 Å². The van der Waals surface area contributed by atoms with E-state index in [-0.39, 0.29) is 12.5 Å². The number of hydrogen-bond acceptors (Lipinski definition) is 6. The molecule has 6 heteroatoms. The van der Waals surface area contributed by atoms with Crippen LogP contribution in [0.5, 0.6) is 0 Å². The molecule has 17 heavy (non-hydrogen) atoms. The molecule has 0 spiro atoms. The van der Waals surface area contributed by atoms with Gasteiger partial charge in [-0.25, -0.2) is 0 Å². The Morgan fingerprint density at radius 2 is 2.06 bits per heavy atom. The zero-order valence-corrected chi connectivity index (χ0v) is 10.6. The molecule has 1 aromatic heterocycles. The van der Waals surface area contributed by atoms with Gasteiger partial charge in [0.1, 0.15) is 0 Å². The van der Waals surface area contributed by atoms with Gasteiger partial charge in [-0.15, -0.1) is 10.2 Å². The molecule has 0 saturated heterocycles. The maximum Gasteiger partial charge on any atom is 0.319 e. The predicted octanol–water partition coefficient (Wildman–Crippen LogP) is 1.02. The first-order chi connectivity index (χ1) is 8.19. The molecule has 0 aromatic carbocycles. The van der Waals surface area contributed by atoms with Gasteiger partial charge in [-0.1, -0.05) is 13.8 Å². The highest BCUT2D eigenvalue weighted by Crippen LogP contribution is 2.05. The van der Waals surface area contributed by atoms with Crippen LogP contribution in [-0.2, 0) is 22.5 Å². The summed E-state index contributed by atoms with van der Waals surface area (Å²) in [5, 5.41) is 7.82. The average molecular weight is 241 g/mol. The molecule has 0 unspecified atom stereocenters. The van der Waals surface area contributed by atoms with Crippen LogP contribution < -0.4 is 0 Å². The van der Waals surface area contributed by atoms with Crippen LogP contribution in [0, 0.1) is 0 Å². The molecular weight excluding hydrogens is 222 g/mol. The SMILES string of the molecule is CCCN(CC(=O)OC)Cc1nnc(CC)o1. The van der Waals surface area contributed by atoms with Gasteiger partial charge in [0.25, 0.3) is 0 Å². The van der Waals surface area contributed by atoms with Crippen LogP contribution in [0.25, 0.3) is 0 Å². The van der Waals surface area contributed by atoms with Gasteiger partial charge in [-0.3, -0.25) is 9.69 Å². The van der Waals surface area contributed by atoms with Gasteiger partial charge in [-0.2, -0.15) is 0 Å². The Morgan fingerprint density at radius 1 is 1.35 bits per heavy atom. The predicted molar refractivity (Wildman–Crippen MR) is 61.3 cm³/mol. The highest BCUT2D eigenvalue weighted by molar-refractivity contribution is 5.71. The number of ether oxygens (including phenoxy) is 1. The summed E-state index contributed by atoms with van der Waals surface area (Å²) in [6, 6.07) is 0. The van der Waals surface area contributed by atoms with E-state index in [9.17, 15) is 4.79 Å². The number of aromatic nitrogens is 2. The smallest absolute Gasteiger partial charge is 0.319 e. The minimum absolute atomic E-state index is 0.244. The maximum atomic E-state index is 11.2. The van der Waals surface area contributed by atoms with E-state index in [4.69, 9.17) is 4.42 Å². The molecule has 0 bridgehead atoms. The summed E-state index contributed by atoms with van der Waals surface area (Å²) < 4.78 is 10.1. The number of carbonyl (C=O) groups excluding carboxylic acids is 1. The third-order valence-corrected chi connectivity index (χ3v) is 2.29. The highest BCUT2D eigenvalue weighted by atomic mass is 16.5. The Labute approximate surface area is 101 Å². The van der Waals surface area contributed by atoms with Crippen molar-refractivity contribution in [2.75, 3.05) is 20.2 Å². The molecule has 6 nitrogen and oxygen atoms in total. The van der Waals surface area contributed by atoms with Gasteiger partial charge in [0.2, 0.25) is 11.8 Å². The molecule has 0 aliphatic rings. The Morgan fingerprint density at radius 3 is 2.59 bits per heavy atom. The van der Waals surface area contributed by atoms with E-state index in [1.165, 1.54) is 7.11 Å². The van der Waals surface area contributed by atoms with E-state index < -0.39 is 0 Å². The number of hydrogen-bond donors (Lipinski definition) is 0. The normalized spacial score (nSPS) is 10.8. The van der Waals surface area contributed by atoms with Crippen molar-refractivity contribution in [3.63, 3.8) is 0 Å². The molecule has 1 rings (SSSR count). The molecule has 0 aliphatic heterocycles. The number of esters is 1. The zero-order chi connectivity index (χ0) is 12.7. The number of rotatable bonds is 7. The Kier molecular flexibility index (Phi) is 5.62. The first-order valence-electron chi connectivity index (χ1n) is 5.80. The highest BCUT2D eigenvalue weighted by Gasteiger charge is 2.14. The fraction of sp³-hybridized carbons (Fsp3) is 0.727. The Bertz CT molecular complexity index is 351. The molecule has 96 valence electrons. The monoisotopic (exact) mass is 241 g/mol. The minimum atomic E-state index is -0.256. The van der Waals surface area contributed by atoms with E-state index in [2.05, 4.69) is 21.9 Å². The quantitative estimate of drug-likeness (QED) is 0.664.